The first-order chi connectivity index (χ1) is 13.1. The molecule has 0 bridgehead atoms. The number of ether oxygens (including phenoxy) is 1. The van der Waals surface area contributed by atoms with Crippen LogP contribution in [0, 0.1) is 17.8 Å². The third-order valence-corrected chi connectivity index (χ3v) is 7.44. The molecule has 0 N–H and O–H groups in total. The van der Waals surface area contributed by atoms with Crippen LogP contribution in [-0.2, 0) is 9.53 Å². The van der Waals surface area contributed by atoms with Crippen molar-refractivity contribution in [3.05, 3.63) is 29.8 Å². The highest BCUT2D eigenvalue weighted by Gasteiger charge is 2.52. The largest absolute Gasteiger partial charge is 0.462 e. The lowest BCUT2D eigenvalue weighted by atomic mass is 9.71. The Morgan fingerprint density at radius 3 is 2.63 bits per heavy atom. The number of anilines is 1. The number of carbonyl (C=O) groups is 1. The van der Waals surface area contributed by atoms with Crippen LogP contribution >= 0.6 is 0 Å². The van der Waals surface area contributed by atoms with Crippen molar-refractivity contribution in [3.63, 3.8) is 0 Å². The summed E-state index contributed by atoms with van der Waals surface area (Å²) in [6, 6.07) is 8.84. The second-order valence-corrected chi connectivity index (χ2v) is 9.77. The zero-order valence-electron chi connectivity index (χ0n) is 16.6. The van der Waals surface area contributed by atoms with Crippen molar-refractivity contribution >= 4 is 11.7 Å². The number of hydrogen-bond donors (Lipinski definition) is 0. The van der Waals surface area contributed by atoms with Crippen LogP contribution in [0.3, 0.4) is 0 Å². The molecule has 4 aliphatic rings. The zero-order valence-corrected chi connectivity index (χ0v) is 16.6. The summed E-state index contributed by atoms with van der Waals surface area (Å²) in [5.74, 6) is 0.111. The molecule has 1 unspecified atom stereocenters. The van der Waals surface area contributed by atoms with Gasteiger partial charge in [0.05, 0.1) is 5.41 Å². The number of hydrogen-bond acceptors (Lipinski definition) is 4. The molecule has 1 saturated carbocycles. The van der Waals surface area contributed by atoms with Crippen LogP contribution in [0.15, 0.2) is 24.3 Å². The van der Waals surface area contributed by atoms with E-state index in [0.29, 0.717) is 5.41 Å². The highest BCUT2D eigenvalue weighted by atomic mass is 16.6. The van der Waals surface area contributed by atoms with E-state index in [0.717, 1.165) is 32.2 Å². The topological polar surface area (TPSA) is 32.8 Å². The van der Waals surface area contributed by atoms with Gasteiger partial charge in [0.2, 0.25) is 0 Å². The lowest BCUT2D eigenvalue weighted by molar-refractivity contribution is -0.150. The van der Waals surface area contributed by atoms with E-state index in [1.807, 2.05) is 0 Å². The Morgan fingerprint density at radius 1 is 1.11 bits per heavy atom. The van der Waals surface area contributed by atoms with E-state index in [2.05, 4.69) is 41.0 Å². The fourth-order valence-corrected chi connectivity index (χ4v) is 5.99. The maximum atomic E-state index is 12.4. The molecular weight excluding hydrogens is 336 g/mol. The Labute approximate surface area is 162 Å². The van der Waals surface area contributed by atoms with E-state index in [4.69, 9.17) is 4.74 Å². The summed E-state index contributed by atoms with van der Waals surface area (Å²) in [4.78, 5) is 17.5. The van der Waals surface area contributed by atoms with Crippen molar-refractivity contribution in [1.29, 1.82) is 0 Å². The van der Waals surface area contributed by atoms with Gasteiger partial charge in [-0.2, -0.15) is 0 Å². The molecule has 1 aliphatic carbocycles. The summed E-state index contributed by atoms with van der Waals surface area (Å²) in [6.07, 6.45) is 7.97. The van der Waals surface area contributed by atoms with Crippen LogP contribution in [0.2, 0.25) is 0 Å². The number of esters is 1. The lowest BCUT2D eigenvalue weighted by Crippen LogP contribution is -2.72. The predicted octanol–water partition coefficient (Wildman–Crippen LogP) is 3.77. The van der Waals surface area contributed by atoms with Crippen LogP contribution in [0.1, 0.15) is 50.5 Å². The molecule has 1 atom stereocenters. The molecule has 0 amide bonds. The maximum Gasteiger partial charge on any atom is 0.312 e. The average molecular weight is 369 g/mol. The van der Waals surface area contributed by atoms with Crippen LogP contribution in [0.5, 0.6) is 0 Å². The molecule has 5 rings (SSSR count). The molecule has 4 fully saturated rings. The van der Waals surface area contributed by atoms with Crippen LogP contribution in [-0.4, -0.2) is 49.7 Å². The van der Waals surface area contributed by atoms with Gasteiger partial charge in [0.25, 0.3) is 0 Å². The standard InChI is InChI=1S/C23H32N2O2/c1-18-6-5-7-19(12-18)25-16-22(17-25)14-24(15-22)11-8-20-13-23(21(26)27-20)9-3-2-4-10-23/h5-7,12,20H,2-4,8-11,13-17H2,1H3. The van der Waals surface area contributed by atoms with Gasteiger partial charge in [-0.15, -0.1) is 0 Å². The Kier molecular flexibility index (Phi) is 4.23. The molecule has 27 heavy (non-hydrogen) atoms. The second-order valence-electron chi connectivity index (χ2n) is 9.77. The monoisotopic (exact) mass is 368 g/mol. The predicted molar refractivity (Wildman–Crippen MR) is 107 cm³/mol. The molecule has 146 valence electrons. The maximum absolute atomic E-state index is 12.4. The van der Waals surface area contributed by atoms with E-state index >= 15 is 0 Å². The number of cyclic esters (lactones) is 1. The summed E-state index contributed by atoms with van der Waals surface area (Å²) in [5.41, 5.74) is 3.11. The minimum absolute atomic E-state index is 0.110. The molecule has 1 aromatic carbocycles. The van der Waals surface area contributed by atoms with Crippen molar-refractivity contribution in [2.45, 2.75) is 58.0 Å². The van der Waals surface area contributed by atoms with Crippen molar-refractivity contribution < 1.29 is 9.53 Å². The first-order valence-electron chi connectivity index (χ1n) is 10.8. The number of benzene rings is 1. The molecule has 3 aliphatic heterocycles. The molecule has 2 spiro atoms. The first kappa shape index (κ1) is 17.5. The molecule has 3 saturated heterocycles. The van der Waals surface area contributed by atoms with Crippen molar-refractivity contribution in [2.24, 2.45) is 10.8 Å². The Balaban J connectivity index is 1.06. The van der Waals surface area contributed by atoms with Gasteiger partial charge in [0.15, 0.2) is 0 Å². The van der Waals surface area contributed by atoms with Crippen LogP contribution < -0.4 is 4.90 Å². The van der Waals surface area contributed by atoms with E-state index in [-0.39, 0.29) is 17.5 Å². The molecular formula is C23H32N2O2. The molecule has 0 radical (unpaired) electrons. The highest BCUT2D eigenvalue weighted by Crippen LogP contribution is 2.47. The summed E-state index contributed by atoms with van der Waals surface area (Å²) in [5, 5.41) is 0. The number of nitrogens with zero attached hydrogens (tertiary/aromatic N) is 2. The van der Waals surface area contributed by atoms with Gasteiger partial charge in [-0.1, -0.05) is 31.4 Å². The SMILES string of the molecule is Cc1cccc(N2CC3(CN(CCC4CC5(CCCCC5)C(=O)O4)C3)C2)c1. The quantitative estimate of drug-likeness (QED) is 0.758. The molecule has 4 nitrogen and oxygen atoms in total. The minimum atomic E-state index is -0.110. The molecule has 4 heteroatoms. The zero-order chi connectivity index (χ0) is 18.5. The Morgan fingerprint density at radius 2 is 1.89 bits per heavy atom. The first-order valence-corrected chi connectivity index (χ1v) is 10.8. The number of likely N-dealkylation sites (tertiary alicyclic amines) is 1. The highest BCUT2D eigenvalue weighted by molar-refractivity contribution is 5.79. The smallest absolute Gasteiger partial charge is 0.312 e. The number of aryl methyl sites for hydroxylation is 1. The van der Waals surface area contributed by atoms with Gasteiger partial charge in [0, 0.05) is 50.2 Å². The minimum Gasteiger partial charge on any atom is -0.462 e. The Bertz CT molecular complexity index is 711. The van der Waals surface area contributed by atoms with Crippen molar-refractivity contribution in [3.8, 4) is 0 Å². The Hall–Kier alpha value is -1.55. The van der Waals surface area contributed by atoms with Gasteiger partial charge >= 0.3 is 5.97 Å². The fraction of sp³-hybridized carbons (Fsp3) is 0.696. The van der Waals surface area contributed by atoms with E-state index < -0.39 is 0 Å². The van der Waals surface area contributed by atoms with Gasteiger partial charge in [-0.05, 0) is 43.9 Å². The average Bonchev–Trinajstić information content (AvgIpc) is 2.88. The summed E-state index contributed by atoms with van der Waals surface area (Å²) >= 11 is 0. The van der Waals surface area contributed by atoms with E-state index in [1.165, 1.54) is 56.7 Å². The van der Waals surface area contributed by atoms with Gasteiger partial charge in [-0.25, -0.2) is 0 Å². The molecule has 3 heterocycles. The molecule has 1 aromatic rings. The summed E-state index contributed by atoms with van der Waals surface area (Å²) in [7, 11) is 0. The van der Waals surface area contributed by atoms with Crippen LogP contribution in [0.4, 0.5) is 5.69 Å². The van der Waals surface area contributed by atoms with E-state index in [9.17, 15) is 4.79 Å². The molecule has 0 aromatic heterocycles. The van der Waals surface area contributed by atoms with E-state index in [1.54, 1.807) is 0 Å². The normalized spacial score (nSPS) is 28.9. The summed E-state index contributed by atoms with van der Waals surface area (Å²) < 4.78 is 5.78. The van der Waals surface area contributed by atoms with Gasteiger partial charge in [-0.3, -0.25) is 4.79 Å². The third kappa shape index (κ3) is 3.16. The van der Waals surface area contributed by atoms with Crippen molar-refractivity contribution in [2.75, 3.05) is 37.6 Å². The lowest BCUT2D eigenvalue weighted by Gasteiger charge is -2.61. The number of rotatable bonds is 4. The summed E-state index contributed by atoms with van der Waals surface area (Å²) in [6.45, 7) is 8.04. The van der Waals surface area contributed by atoms with Gasteiger partial charge in [0.1, 0.15) is 6.10 Å². The van der Waals surface area contributed by atoms with Crippen LogP contribution in [0.25, 0.3) is 0 Å². The third-order valence-electron chi connectivity index (χ3n) is 7.44. The van der Waals surface area contributed by atoms with Gasteiger partial charge < -0.3 is 14.5 Å². The van der Waals surface area contributed by atoms with Crippen molar-refractivity contribution in [1.82, 2.24) is 4.90 Å². The fourth-order valence-electron chi connectivity index (χ4n) is 5.99. The number of carbonyl (C=O) groups excluding carboxylic acids is 1. The second kappa shape index (κ2) is 6.51.